The molecule has 13 heteroatoms. The molecule has 0 fully saturated rings. The minimum absolute atomic E-state index is 0. The molecule has 0 saturated heterocycles. The summed E-state index contributed by atoms with van der Waals surface area (Å²) in [5, 5.41) is 19.0. The van der Waals surface area contributed by atoms with Crippen molar-refractivity contribution in [2.75, 3.05) is 6.61 Å². The Morgan fingerprint density at radius 1 is 1.42 bits per heavy atom. The molecule has 0 aliphatic carbocycles. The SMILES string of the molecule is Cc1ncc([N+](=O)[O-])n1CCO.O=P(O)(O)O.[NaH].[NaH]. The average Bonchev–Trinajstić information content (AvgIpc) is 2.46. The molecule has 10 nitrogen and oxygen atoms in total. The van der Waals surface area contributed by atoms with Gasteiger partial charge in [-0.1, -0.05) is 0 Å². The summed E-state index contributed by atoms with van der Waals surface area (Å²) in [5.74, 6) is 0.456. The Kier molecular flexibility index (Phi) is 14.7. The first-order valence-electron chi connectivity index (χ1n) is 4.22. The van der Waals surface area contributed by atoms with E-state index in [9.17, 15) is 10.1 Å². The van der Waals surface area contributed by atoms with Crippen molar-refractivity contribution in [3.05, 3.63) is 22.1 Å². The predicted molar refractivity (Wildman–Crippen MR) is 69.3 cm³/mol. The van der Waals surface area contributed by atoms with Crippen molar-refractivity contribution in [2.45, 2.75) is 13.5 Å². The van der Waals surface area contributed by atoms with Gasteiger partial charge in [0.25, 0.3) is 0 Å². The summed E-state index contributed by atoms with van der Waals surface area (Å²) in [4.78, 5) is 35.2. The number of aryl methyl sites for hydroxylation is 1. The maximum absolute atomic E-state index is 10.4. The zero-order valence-electron chi connectivity index (χ0n) is 8.79. The summed E-state index contributed by atoms with van der Waals surface area (Å²) in [7, 11) is -4.64. The molecule has 1 aromatic heterocycles. The van der Waals surface area contributed by atoms with Crippen molar-refractivity contribution in [3.8, 4) is 0 Å². The van der Waals surface area contributed by atoms with Crippen LogP contribution in [0.15, 0.2) is 6.20 Å². The summed E-state index contributed by atoms with van der Waals surface area (Å²) in [6.45, 7) is 1.74. The Labute approximate surface area is 152 Å². The first kappa shape index (κ1) is 24.7. The molecule has 19 heavy (non-hydrogen) atoms. The topological polar surface area (TPSA) is 159 Å². The van der Waals surface area contributed by atoms with Crippen molar-refractivity contribution in [2.24, 2.45) is 0 Å². The second-order valence-corrected chi connectivity index (χ2v) is 3.84. The van der Waals surface area contributed by atoms with Gasteiger partial charge in [-0.2, -0.15) is 0 Å². The minimum atomic E-state index is -4.64. The van der Waals surface area contributed by atoms with Gasteiger partial charge in [0.1, 0.15) is 12.7 Å². The summed E-state index contributed by atoms with van der Waals surface area (Å²) >= 11 is 0. The molecule has 0 unspecified atom stereocenters. The molecule has 1 rings (SSSR count). The van der Waals surface area contributed by atoms with E-state index >= 15 is 0 Å². The van der Waals surface area contributed by atoms with Crippen LogP contribution in [0.2, 0.25) is 0 Å². The molecule has 102 valence electrons. The number of nitrogens with zero attached hydrogens (tertiary/aromatic N) is 3. The van der Waals surface area contributed by atoms with Crippen LogP contribution in [0.25, 0.3) is 0 Å². The zero-order valence-corrected chi connectivity index (χ0v) is 9.69. The van der Waals surface area contributed by atoms with Gasteiger partial charge in [0.2, 0.25) is 0 Å². The number of hydrogen-bond acceptors (Lipinski definition) is 5. The van der Waals surface area contributed by atoms with E-state index in [4.69, 9.17) is 24.4 Å². The van der Waals surface area contributed by atoms with Gasteiger partial charge in [-0.15, -0.1) is 0 Å². The van der Waals surface area contributed by atoms with Gasteiger partial charge in [-0.05, 0) is 4.92 Å². The monoisotopic (exact) mass is 317 g/mol. The molecule has 0 spiro atoms. The van der Waals surface area contributed by atoms with E-state index < -0.39 is 12.7 Å². The van der Waals surface area contributed by atoms with Crippen molar-refractivity contribution in [1.82, 2.24) is 9.55 Å². The fraction of sp³-hybridized carbons (Fsp3) is 0.500. The zero-order chi connectivity index (χ0) is 13.6. The fourth-order valence-corrected chi connectivity index (χ4v) is 0.978. The van der Waals surface area contributed by atoms with E-state index in [0.29, 0.717) is 5.82 Å². The molecule has 0 bridgehead atoms. The van der Waals surface area contributed by atoms with Crippen LogP contribution >= 0.6 is 7.82 Å². The number of imidazole rings is 1. The second kappa shape index (κ2) is 11.4. The molecular weight excluding hydrogens is 303 g/mol. The molecule has 4 N–H and O–H groups in total. The Morgan fingerprint density at radius 3 is 2.16 bits per heavy atom. The summed E-state index contributed by atoms with van der Waals surface area (Å²) in [5.41, 5.74) is 0. The molecule has 0 amide bonds. The molecule has 0 aliphatic heterocycles. The summed E-state index contributed by atoms with van der Waals surface area (Å²) in [6, 6.07) is 0. The number of aromatic nitrogens is 2. The number of rotatable bonds is 3. The van der Waals surface area contributed by atoms with E-state index in [1.165, 1.54) is 10.8 Å². The Bertz CT molecular complexity index is 426. The summed E-state index contributed by atoms with van der Waals surface area (Å²) in [6.07, 6.45) is 1.19. The second-order valence-electron chi connectivity index (χ2n) is 2.81. The number of aliphatic hydroxyl groups is 1. The third-order valence-corrected chi connectivity index (χ3v) is 1.54. The van der Waals surface area contributed by atoms with Gasteiger partial charge in [0.05, 0.1) is 6.61 Å². The van der Waals surface area contributed by atoms with E-state index in [1.807, 2.05) is 0 Å². The quantitative estimate of drug-likeness (QED) is 0.213. The van der Waals surface area contributed by atoms with Gasteiger partial charge in [-0.3, -0.25) is 0 Å². The maximum atomic E-state index is 10.4. The van der Waals surface area contributed by atoms with Crippen molar-refractivity contribution < 1.29 is 29.3 Å². The Balaban J connectivity index is -0.000000320. The van der Waals surface area contributed by atoms with Crippen LogP contribution in [0.5, 0.6) is 0 Å². The predicted octanol–water partition coefficient (Wildman–Crippen LogP) is -2.13. The Morgan fingerprint density at radius 2 is 1.84 bits per heavy atom. The van der Waals surface area contributed by atoms with Crippen LogP contribution in [0.4, 0.5) is 5.82 Å². The number of phosphoric acid groups is 1. The average molecular weight is 317 g/mol. The molecule has 0 atom stereocenters. The third-order valence-electron chi connectivity index (χ3n) is 1.54. The van der Waals surface area contributed by atoms with Gasteiger partial charge >= 0.3 is 72.8 Å². The van der Waals surface area contributed by atoms with Gasteiger partial charge in [-0.25, -0.2) is 14.1 Å². The number of aliphatic hydroxyl groups excluding tert-OH is 1. The van der Waals surface area contributed by atoms with E-state index in [2.05, 4.69) is 4.98 Å². The van der Waals surface area contributed by atoms with E-state index in [0.717, 1.165) is 0 Å². The van der Waals surface area contributed by atoms with E-state index in [1.54, 1.807) is 6.92 Å². The van der Waals surface area contributed by atoms with Crippen LogP contribution in [0, 0.1) is 17.0 Å². The van der Waals surface area contributed by atoms with Crippen LogP contribution in [0.1, 0.15) is 5.82 Å². The van der Waals surface area contributed by atoms with Crippen LogP contribution < -0.4 is 0 Å². The molecular formula is C6H14N3Na2O7P. The first-order valence-corrected chi connectivity index (χ1v) is 5.79. The molecule has 0 aromatic carbocycles. The van der Waals surface area contributed by atoms with Crippen molar-refractivity contribution in [3.63, 3.8) is 0 Å². The summed E-state index contributed by atoms with van der Waals surface area (Å²) < 4.78 is 10.2. The molecule has 0 aliphatic rings. The number of nitro groups is 1. The van der Waals surface area contributed by atoms with Gasteiger partial charge in [0, 0.05) is 6.92 Å². The van der Waals surface area contributed by atoms with Crippen molar-refractivity contribution in [1.29, 1.82) is 0 Å². The van der Waals surface area contributed by atoms with E-state index in [-0.39, 0.29) is 78.1 Å². The number of hydrogen-bond donors (Lipinski definition) is 4. The fourth-order valence-electron chi connectivity index (χ4n) is 0.978. The third kappa shape index (κ3) is 12.2. The molecule has 1 aromatic rings. The Hall–Kier alpha value is 0.680. The first-order chi connectivity index (χ1) is 7.66. The van der Waals surface area contributed by atoms with Crippen LogP contribution in [-0.2, 0) is 11.1 Å². The molecule has 0 radical (unpaired) electrons. The van der Waals surface area contributed by atoms with Crippen LogP contribution in [0.3, 0.4) is 0 Å². The van der Waals surface area contributed by atoms with Crippen LogP contribution in [-0.4, -0.2) is 100.0 Å². The standard InChI is InChI=1S/C6H9N3O3.2Na.H3O4P.2H/c1-5-7-4-6(9(11)12)8(5)2-3-10;;;1-5(2,3)4;;/h4,10H,2-3H2,1H3;;;(H3,1,2,3,4);;. The molecule has 1 heterocycles. The van der Waals surface area contributed by atoms with Crippen molar-refractivity contribution >= 4 is 72.8 Å². The molecule has 0 saturated carbocycles. The normalized spacial score (nSPS) is 9.53. The van der Waals surface area contributed by atoms with Gasteiger partial charge < -0.3 is 29.9 Å². The van der Waals surface area contributed by atoms with Gasteiger partial charge in [0.15, 0.2) is 5.82 Å².